The number of hydrogen-bond acceptors (Lipinski definition) is 7. The van der Waals surface area contributed by atoms with Crippen molar-refractivity contribution < 1.29 is 29.4 Å². The van der Waals surface area contributed by atoms with Gasteiger partial charge < -0.3 is 36.0 Å². The van der Waals surface area contributed by atoms with E-state index in [2.05, 4.69) is 25.9 Å². The number of aryl methyl sites for hydroxylation is 1. The molecule has 0 unspecified atom stereocenters. The van der Waals surface area contributed by atoms with Crippen molar-refractivity contribution in [1.29, 1.82) is 0 Å². The molecular formula is C46H59N7O6. The third-order valence-corrected chi connectivity index (χ3v) is 10.6. The Morgan fingerprint density at radius 1 is 0.763 bits per heavy atom. The number of aliphatic hydroxyl groups is 1. The van der Waals surface area contributed by atoms with Crippen molar-refractivity contribution in [1.82, 2.24) is 35.7 Å². The van der Waals surface area contributed by atoms with Gasteiger partial charge in [-0.15, -0.1) is 0 Å². The molecule has 5 N–H and O–H groups in total. The molecule has 5 rings (SSSR count). The van der Waals surface area contributed by atoms with E-state index in [1.165, 1.54) is 0 Å². The Kier molecular flexibility index (Phi) is 14.5. The minimum Gasteiger partial charge on any atom is -0.465 e. The largest absolute Gasteiger partial charge is 0.465 e. The van der Waals surface area contributed by atoms with E-state index in [0.29, 0.717) is 26.1 Å². The number of rotatable bonds is 16. The monoisotopic (exact) mass is 805 g/mol. The van der Waals surface area contributed by atoms with Crippen LogP contribution in [0.15, 0.2) is 97.2 Å². The second-order valence-electron chi connectivity index (χ2n) is 17.6. The van der Waals surface area contributed by atoms with Crippen molar-refractivity contribution in [3.05, 3.63) is 120 Å². The van der Waals surface area contributed by atoms with Crippen LogP contribution in [0.3, 0.4) is 0 Å². The van der Waals surface area contributed by atoms with Crippen LogP contribution in [0.5, 0.6) is 0 Å². The molecule has 0 saturated carbocycles. The maximum atomic E-state index is 14.6. The maximum Gasteiger partial charge on any atom is 0.405 e. The zero-order valence-corrected chi connectivity index (χ0v) is 35.2. The molecule has 13 heteroatoms. The number of nitrogens with zero attached hydrogens (tertiary/aromatic N) is 4. The first-order valence-corrected chi connectivity index (χ1v) is 20.2. The van der Waals surface area contributed by atoms with E-state index in [0.717, 1.165) is 33.8 Å². The van der Waals surface area contributed by atoms with Gasteiger partial charge in [-0.2, -0.15) is 0 Å². The fourth-order valence-corrected chi connectivity index (χ4v) is 7.65. The molecule has 4 aromatic rings. The summed E-state index contributed by atoms with van der Waals surface area (Å²) in [6.45, 7) is 14.1. The molecule has 1 aliphatic rings. The third kappa shape index (κ3) is 12.3. The lowest BCUT2D eigenvalue weighted by molar-refractivity contribution is -0.130. The van der Waals surface area contributed by atoms with Crippen LogP contribution in [0, 0.1) is 17.8 Å². The number of pyridine rings is 2. The minimum atomic E-state index is -1.34. The van der Waals surface area contributed by atoms with Crippen LogP contribution in [-0.2, 0) is 29.0 Å². The normalized spacial score (nSPS) is 15.8. The molecule has 314 valence electrons. The number of carbonyl (C=O) groups excluding carboxylic acids is 3. The number of nitrogens with one attached hydrogen (secondary N) is 3. The average molecular weight is 806 g/mol. The molecule has 59 heavy (non-hydrogen) atoms. The molecule has 5 atom stereocenters. The van der Waals surface area contributed by atoms with Gasteiger partial charge in [-0.25, -0.2) is 9.59 Å². The van der Waals surface area contributed by atoms with Crippen molar-refractivity contribution >= 4 is 23.9 Å². The zero-order valence-electron chi connectivity index (χ0n) is 35.2. The molecule has 2 aromatic carbocycles. The van der Waals surface area contributed by atoms with Gasteiger partial charge in [-0.3, -0.25) is 19.6 Å². The van der Waals surface area contributed by atoms with E-state index in [-0.39, 0.29) is 24.8 Å². The van der Waals surface area contributed by atoms with Crippen molar-refractivity contribution in [2.24, 2.45) is 10.8 Å². The maximum absolute atomic E-state index is 14.6. The predicted molar refractivity (Wildman–Crippen MR) is 227 cm³/mol. The van der Waals surface area contributed by atoms with E-state index in [1.54, 1.807) is 36.8 Å². The predicted octanol–water partition coefficient (Wildman–Crippen LogP) is 5.99. The Morgan fingerprint density at radius 2 is 1.44 bits per heavy atom. The van der Waals surface area contributed by atoms with Gasteiger partial charge in [0.25, 0.3) is 0 Å². The fourth-order valence-electron chi connectivity index (χ4n) is 7.65. The lowest BCUT2D eigenvalue weighted by Gasteiger charge is -2.38. The van der Waals surface area contributed by atoms with Gasteiger partial charge in [0.2, 0.25) is 11.8 Å². The summed E-state index contributed by atoms with van der Waals surface area (Å²) in [6.07, 6.45) is -0.168. The highest BCUT2D eigenvalue weighted by atomic mass is 16.4. The molecule has 0 radical (unpaired) electrons. The fraction of sp³-hybridized carbons (Fsp3) is 0.435. The summed E-state index contributed by atoms with van der Waals surface area (Å²) in [7, 11) is 0. The molecule has 2 aromatic heterocycles. The molecule has 3 heterocycles. The van der Waals surface area contributed by atoms with Gasteiger partial charge in [-0.1, -0.05) is 108 Å². The molecule has 1 saturated heterocycles. The standard InChI is InChI=1S/C46H59N7O6/c1-30-14-13-17-34(48-30)29-52-24-25-53(44(52)59)40(46(5,6)7)42(56)49-35(26-32-19-21-33(22-20-32)36-18-11-12-23-47-36)28-38(54)37(27-31-15-9-8-10-16-31)50-41(55)39(45(2,3)4)51-43(57)58/h8-23,35,37-40,51,54H,24-29H2,1-7H3,(H,49,56)(H,50,55)(H,57,58)/t35-,37+,38+,39-,40-/m1/s1. The van der Waals surface area contributed by atoms with Gasteiger partial charge in [0, 0.05) is 36.6 Å². The van der Waals surface area contributed by atoms with Crippen LogP contribution in [-0.4, -0.2) is 97.3 Å². The second-order valence-corrected chi connectivity index (χ2v) is 17.6. The zero-order chi connectivity index (χ0) is 42.9. The van der Waals surface area contributed by atoms with E-state index < -0.39 is 53.1 Å². The summed E-state index contributed by atoms with van der Waals surface area (Å²) >= 11 is 0. The Bertz CT molecular complexity index is 2030. The Labute approximate surface area is 347 Å². The summed E-state index contributed by atoms with van der Waals surface area (Å²) in [4.78, 5) is 66.5. The Balaban J connectivity index is 1.43. The number of aliphatic hydroxyl groups excluding tert-OH is 1. The molecule has 5 amide bonds. The van der Waals surface area contributed by atoms with Gasteiger partial charge in [0.1, 0.15) is 12.1 Å². The molecule has 0 bridgehead atoms. The van der Waals surface area contributed by atoms with Crippen molar-refractivity contribution in [2.75, 3.05) is 13.1 Å². The van der Waals surface area contributed by atoms with Gasteiger partial charge in [-0.05, 0) is 72.4 Å². The molecular weight excluding hydrogens is 747 g/mol. The number of hydrogen-bond donors (Lipinski definition) is 5. The van der Waals surface area contributed by atoms with Crippen molar-refractivity contribution in [3.63, 3.8) is 0 Å². The van der Waals surface area contributed by atoms with Crippen LogP contribution in [0.1, 0.15) is 70.5 Å². The summed E-state index contributed by atoms with van der Waals surface area (Å²) in [5, 5.41) is 30.2. The summed E-state index contributed by atoms with van der Waals surface area (Å²) in [6, 6.07) is 25.0. The number of carboxylic acid groups (broad SMARTS) is 1. The number of urea groups is 1. The average Bonchev–Trinajstić information content (AvgIpc) is 3.51. The molecule has 13 nitrogen and oxygen atoms in total. The first-order chi connectivity index (χ1) is 27.9. The van der Waals surface area contributed by atoms with Crippen LogP contribution in [0.4, 0.5) is 9.59 Å². The lowest BCUT2D eigenvalue weighted by atomic mass is 9.84. The highest BCUT2D eigenvalue weighted by Crippen LogP contribution is 2.29. The minimum absolute atomic E-state index is 0.0357. The quantitative estimate of drug-likeness (QED) is 0.0917. The molecule has 0 spiro atoms. The van der Waals surface area contributed by atoms with E-state index in [9.17, 15) is 29.4 Å². The molecule has 1 fully saturated rings. The van der Waals surface area contributed by atoms with Crippen LogP contribution < -0.4 is 16.0 Å². The topological polar surface area (TPSA) is 177 Å². The van der Waals surface area contributed by atoms with E-state index in [4.69, 9.17) is 0 Å². The highest BCUT2D eigenvalue weighted by Gasteiger charge is 2.44. The number of benzene rings is 2. The van der Waals surface area contributed by atoms with Gasteiger partial charge in [0.05, 0.1) is 30.1 Å². The van der Waals surface area contributed by atoms with Gasteiger partial charge >= 0.3 is 12.1 Å². The van der Waals surface area contributed by atoms with E-state index >= 15 is 0 Å². The molecule has 1 aliphatic heterocycles. The van der Waals surface area contributed by atoms with Crippen LogP contribution in [0.2, 0.25) is 0 Å². The van der Waals surface area contributed by atoms with Crippen molar-refractivity contribution in [3.8, 4) is 11.3 Å². The highest BCUT2D eigenvalue weighted by molar-refractivity contribution is 5.89. The molecule has 0 aliphatic carbocycles. The van der Waals surface area contributed by atoms with Crippen LogP contribution >= 0.6 is 0 Å². The SMILES string of the molecule is Cc1cccc(CN2CCN([C@H](C(=O)N[C@H](Cc3ccc(-c4ccccn4)cc3)C[C@H](O)[C@H](Cc3ccccc3)NC(=O)[C@@H](NC(=O)O)C(C)(C)C)C(C)(C)C)C2=O)n1. The van der Waals surface area contributed by atoms with Crippen LogP contribution in [0.25, 0.3) is 11.3 Å². The van der Waals surface area contributed by atoms with Crippen molar-refractivity contribution in [2.45, 2.75) is 105 Å². The second kappa shape index (κ2) is 19.3. The first kappa shape index (κ1) is 44.3. The van der Waals surface area contributed by atoms with E-state index in [1.807, 2.05) is 119 Å². The number of aromatic nitrogens is 2. The van der Waals surface area contributed by atoms with Gasteiger partial charge in [0.15, 0.2) is 0 Å². The first-order valence-electron chi connectivity index (χ1n) is 20.2. The summed E-state index contributed by atoms with van der Waals surface area (Å²) < 4.78 is 0. The number of carbonyl (C=O) groups is 4. The Hall–Kier alpha value is -5.82. The lowest BCUT2D eigenvalue weighted by Crippen LogP contribution is -2.59. The number of amides is 5. The third-order valence-electron chi connectivity index (χ3n) is 10.6. The Morgan fingerprint density at radius 3 is 2.05 bits per heavy atom. The summed E-state index contributed by atoms with van der Waals surface area (Å²) in [5.74, 6) is -0.929. The summed E-state index contributed by atoms with van der Waals surface area (Å²) in [5.41, 5.74) is 3.68. The smallest absolute Gasteiger partial charge is 0.405 e.